The Labute approximate surface area is 192 Å². The van der Waals surface area contributed by atoms with Gasteiger partial charge in [-0.1, -0.05) is 61.4 Å². The summed E-state index contributed by atoms with van der Waals surface area (Å²) in [5.41, 5.74) is 3.81. The minimum Gasteiger partial charge on any atom is -0.479 e. The van der Waals surface area contributed by atoms with Crippen LogP contribution < -0.4 is 10.6 Å². The minimum absolute atomic E-state index is 0.00351. The number of carbonyl (C=O) groups is 3. The van der Waals surface area contributed by atoms with Crippen LogP contribution in [0, 0.1) is 0 Å². The Morgan fingerprint density at radius 3 is 2.15 bits per heavy atom. The van der Waals surface area contributed by atoms with Crippen LogP contribution in [-0.2, 0) is 14.3 Å². The Morgan fingerprint density at radius 1 is 1.00 bits per heavy atom. The summed E-state index contributed by atoms with van der Waals surface area (Å²) >= 11 is 0. The summed E-state index contributed by atoms with van der Waals surface area (Å²) in [7, 11) is 0. The van der Waals surface area contributed by atoms with Gasteiger partial charge in [0.1, 0.15) is 6.61 Å². The predicted molar refractivity (Wildman–Crippen MR) is 121 cm³/mol. The van der Waals surface area contributed by atoms with Gasteiger partial charge in [0.2, 0.25) is 5.91 Å². The van der Waals surface area contributed by atoms with E-state index in [9.17, 15) is 19.5 Å². The fourth-order valence-corrected chi connectivity index (χ4v) is 4.92. The highest BCUT2D eigenvalue weighted by molar-refractivity contribution is 5.81. The lowest BCUT2D eigenvalue weighted by Crippen LogP contribution is -2.50. The summed E-state index contributed by atoms with van der Waals surface area (Å²) in [4.78, 5) is 35.8. The van der Waals surface area contributed by atoms with E-state index in [1.807, 2.05) is 24.3 Å². The van der Waals surface area contributed by atoms with Gasteiger partial charge in [0, 0.05) is 12.3 Å². The standard InChI is InChI=1S/C25H28N2O6/c28-21(23(30)31)14-26-22(29)13-25(11-5-6-12-25)27-24(32)33-15-20-18-9-3-1-7-16(18)17-8-2-4-10-19(17)20/h1-4,7-10,20-21,28H,5-6,11-15H2,(H,26,29)(H,27,32)(H,30,31)/t21-/m0/s1. The molecule has 0 aromatic heterocycles. The summed E-state index contributed by atoms with van der Waals surface area (Å²) in [5.74, 6) is -1.87. The van der Waals surface area contributed by atoms with E-state index in [4.69, 9.17) is 9.84 Å². The molecule has 2 amide bonds. The topological polar surface area (TPSA) is 125 Å². The quantitative estimate of drug-likeness (QED) is 0.488. The van der Waals surface area contributed by atoms with Crippen LogP contribution in [0.15, 0.2) is 48.5 Å². The maximum Gasteiger partial charge on any atom is 0.407 e. The van der Waals surface area contributed by atoms with Crippen molar-refractivity contribution in [2.75, 3.05) is 13.2 Å². The molecule has 0 saturated heterocycles. The summed E-state index contributed by atoms with van der Waals surface area (Å²) in [6.07, 6.45) is 0.770. The Bertz CT molecular complexity index is 1000. The number of benzene rings is 2. The van der Waals surface area contributed by atoms with E-state index in [1.165, 1.54) is 0 Å². The molecule has 0 spiro atoms. The van der Waals surface area contributed by atoms with Crippen LogP contribution in [0.3, 0.4) is 0 Å². The second-order valence-electron chi connectivity index (χ2n) is 8.77. The lowest BCUT2D eigenvalue weighted by molar-refractivity contribution is -0.146. The number of carboxylic acids is 1. The van der Waals surface area contributed by atoms with Gasteiger partial charge in [-0.05, 0) is 35.1 Å². The van der Waals surface area contributed by atoms with Crippen LogP contribution >= 0.6 is 0 Å². The molecule has 2 aliphatic rings. The molecule has 0 bridgehead atoms. The van der Waals surface area contributed by atoms with Crippen molar-refractivity contribution in [3.63, 3.8) is 0 Å². The maximum atomic E-state index is 12.7. The van der Waals surface area contributed by atoms with E-state index in [0.29, 0.717) is 12.8 Å². The van der Waals surface area contributed by atoms with Gasteiger partial charge in [0.25, 0.3) is 0 Å². The van der Waals surface area contributed by atoms with Crippen LogP contribution in [-0.4, -0.2) is 53.0 Å². The molecule has 2 aromatic rings. The molecular weight excluding hydrogens is 424 g/mol. The summed E-state index contributed by atoms with van der Waals surface area (Å²) in [6.45, 7) is -0.192. The second-order valence-corrected chi connectivity index (χ2v) is 8.77. The molecule has 1 saturated carbocycles. The lowest BCUT2D eigenvalue weighted by atomic mass is 9.93. The van der Waals surface area contributed by atoms with Gasteiger partial charge in [-0.15, -0.1) is 0 Å². The smallest absolute Gasteiger partial charge is 0.407 e. The van der Waals surface area contributed by atoms with E-state index >= 15 is 0 Å². The molecule has 33 heavy (non-hydrogen) atoms. The zero-order valence-electron chi connectivity index (χ0n) is 18.3. The highest BCUT2D eigenvalue weighted by atomic mass is 16.5. The van der Waals surface area contributed by atoms with Gasteiger partial charge >= 0.3 is 12.1 Å². The highest BCUT2D eigenvalue weighted by Crippen LogP contribution is 2.44. The van der Waals surface area contributed by atoms with E-state index < -0.39 is 29.6 Å². The molecule has 2 aliphatic carbocycles. The lowest BCUT2D eigenvalue weighted by Gasteiger charge is -2.29. The molecular formula is C25H28N2O6. The fraction of sp³-hybridized carbons (Fsp3) is 0.400. The molecule has 0 unspecified atom stereocenters. The van der Waals surface area contributed by atoms with Crippen molar-refractivity contribution in [2.45, 2.75) is 49.7 Å². The third-order valence-corrected chi connectivity index (χ3v) is 6.55. The molecule has 8 nitrogen and oxygen atoms in total. The van der Waals surface area contributed by atoms with Gasteiger partial charge in [0.05, 0.1) is 12.1 Å². The predicted octanol–water partition coefficient (Wildman–Crippen LogP) is 2.79. The number of nitrogens with one attached hydrogen (secondary N) is 2. The van der Waals surface area contributed by atoms with Crippen LogP contribution in [0.5, 0.6) is 0 Å². The molecule has 8 heteroatoms. The number of aliphatic carboxylic acids is 1. The first-order valence-corrected chi connectivity index (χ1v) is 11.2. The fourth-order valence-electron chi connectivity index (χ4n) is 4.92. The van der Waals surface area contributed by atoms with Crippen LogP contribution in [0.2, 0.25) is 0 Å². The summed E-state index contributed by atoms with van der Waals surface area (Å²) in [6, 6.07) is 16.2. The van der Waals surface area contributed by atoms with Crippen LogP contribution in [0.25, 0.3) is 11.1 Å². The number of carboxylic acid groups (broad SMARTS) is 1. The Morgan fingerprint density at radius 2 is 1.58 bits per heavy atom. The van der Waals surface area contributed by atoms with Gasteiger partial charge < -0.3 is 25.6 Å². The number of hydrogen-bond donors (Lipinski definition) is 4. The Hall–Kier alpha value is -3.39. The number of hydrogen-bond acceptors (Lipinski definition) is 5. The number of amides is 2. The third kappa shape index (κ3) is 5.01. The van der Waals surface area contributed by atoms with Gasteiger partial charge in [0.15, 0.2) is 6.10 Å². The summed E-state index contributed by atoms with van der Waals surface area (Å²) in [5, 5.41) is 23.4. The van der Waals surface area contributed by atoms with E-state index in [0.717, 1.165) is 35.1 Å². The normalized spacial score (nSPS) is 17.0. The monoisotopic (exact) mass is 452 g/mol. The first-order chi connectivity index (χ1) is 15.9. The van der Waals surface area contributed by atoms with Gasteiger partial charge in [-0.2, -0.15) is 0 Å². The molecule has 0 aliphatic heterocycles. The van der Waals surface area contributed by atoms with Crippen molar-refractivity contribution in [3.05, 3.63) is 59.7 Å². The van der Waals surface area contributed by atoms with Crippen LogP contribution in [0.1, 0.15) is 49.1 Å². The number of carbonyl (C=O) groups excluding carboxylic acids is 2. The van der Waals surface area contributed by atoms with Crippen molar-refractivity contribution < 1.29 is 29.3 Å². The molecule has 1 fully saturated rings. The zero-order valence-corrected chi connectivity index (χ0v) is 18.3. The number of alkyl carbamates (subject to hydrolysis) is 1. The highest BCUT2D eigenvalue weighted by Gasteiger charge is 2.38. The van der Waals surface area contributed by atoms with Crippen LogP contribution in [0.4, 0.5) is 4.79 Å². The first kappa shape index (κ1) is 22.8. The molecule has 174 valence electrons. The number of aliphatic hydroxyl groups excluding tert-OH is 1. The van der Waals surface area contributed by atoms with Crippen molar-refractivity contribution in [1.82, 2.24) is 10.6 Å². The molecule has 4 rings (SSSR count). The van der Waals surface area contributed by atoms with Crippen molar-refractivity contribution in [3.8, 4) is 11.1 Å². The van der Waals surface area contributed by atoms with E-state index in [1.54, 1.807) is 0 Å². The largest absolute Gasteiger partial charge is 0.479 e. The number of rotatable bonds is 8. The average molecular weight is 453 g/mol. The summed E-state index contributed by atoms with van der Waals surface area (Å²) < 4.78 is 5.64. The van der Waals surface area contributed by atoms with Gasteiger partial charge in [-0.3, -0.25) is 4.79 Å². The number of fused-ring (bicyclic) bond motifs is 3. The molecule has 4 N–H and O–H groups in total. The van der Waals surface area contributed by atoms with Crippen molar-refractivity contribution in [2.24, 2.45) is 0 Å². The minimum atomic E-state index is -1.66. The SMILES string of the molecule is O=C(CC1(NC(=O)OCC2c3ccccc3-c3ccccc32)CCCC1)NC[C@H](O)C(=O)O. The maximum absolute atomic E-state index is 12.7. The Balaban J connectivity index is 1.37. The average Bonchev–Trinajstić information content (AvgIpc) is 3.38. The van der Waals surface area contributed by atoms with Gasteiger partial charge in [-0.25, -0.2) is 9.59 Å². The second kappa shape index (κ2) is 9.62. The molecule has 0 heterocycles. The van der Waals surface area contributed by atoms with E-state index in [-0.39, 0.29) is 25.5 Å². The van der Waals surface area contributed by atoms with E-state index in [2.05, 4.69) is 34.9 Å². The zero-order chi connectivity index (χ0) is 23.4. The third-order valence-electron chi connectivity index (χ3n) is 6.55. The molecule has 2 aromatic carbocycles. The Kier molecular flexibility index (Phi) is 6.65. The molecule has 0 radical (unpaired) electrons. The van der Waals surface area contributed by atoms with Crippen molar-refractivity contribution >= 4 is 18.0 Å². The number of aliphatic hydroxyl groups is 1. The molecule has 1 atom stereocenters. The first-order valence-electron chi connectivity index (χ1n) is 11.2. The number of ether oxygens (including phenoxy) is 1. The van der Waals surface area contributed by atoms with Crippen molar-refractivity contribution in [1.29, 1.82) is 0 Å².